The number of hydrazone groups is 1. The van der Waals surface area contributed by atoms with Crippen molar-refractivity contribution in [2.75, 3.05) is 28.4 Å². The Bertz CT molecular complexity index is 1510. The average Bonchev–Trinajstić information content (AvgIpc) is 3.29. The highest BCUT2D eigenvalue weighted by Gasteiger charge is 2.21. The summed E-state index contributed by atoms with van der Waals surface area (Å²) in [6.07, 6.45) is 1.42. The number of halogens is 1. The number of benzene rings is 3. The molecule has 0 unspecified atom stereocenters. The van der Waals surface area contributed by atoms with Crippen molar-refractivity contribution in [2.45, 2.75) is 0 Å². The van der Waals surface area contributed by atoms with Crippen LogP contribution in [0.5, 0.6) is 28.7 Å². The maximum absolute atomic E-state index is 12.8. The minimum atomic E-state index is -0.589. The molecule has 0 radical (unpaired) electrons. The molecule has 38 heavy (non-hydrogen) atoms. The summed E-state index contributed by atoms with van der Waals surface area (Å²) < 4.78 is 27.7. The lowest BCUT2D eigenvalue weighted by atomic mass is 10.1. The third-order valence-corrected chi connectivity index (χ3v) is 7.07. The van der Waals surface area contributed by atoms with Gasteiger partial charge in [0.2, 0.25) is 5.75 Å². The Morgan fingerprint density at radius 3 is 2.18 bits per heavy atom. The monoisotopic (exact) mass is 554 g/mol. The fourth-order valence-corrected chi connectivity index (χ4v) is 4.97. The third-order valence-electron chi connectivity index (χ3n) is 5.42. The fourth-order valence-electron chi connectivity index (χ4n) is 3.58. The van der Waals surface area contributed by atoms with E-state index in [4.69, 9.17) is 35.3 Å². The number of nitrogens with zero attached hydrogens (tertiary/aromatic N) is 1. The molecule has 0 atom stereocenters. The summed E-state index contributed by atoms with van der Waals surface area (Å²) in [7, 11) is 5.85. The van der Waals surface area contributed by atoms with E-state index in [0.29, 0.717) is 38.5 Å². The maximum atomic E-state index is 12.8. The van der Waals surface area contributed by atoms with E-state index in [1.807, 2.05) is 24.3 Å². The molecule has 0 aliphatic rings. The Balaban J connectivity index is 1.47. The molecule has 1 amide bonds. The number of rotatable bonds is 9. The highest BCUT2D eigenvalue weighted by atomic mass is 35.5. The van der Waals surface area contributed by atoms with Gasteiger partial charge >= 0.3 is 5.97 Å². The van der Waals surface area contributed by atoms with E-state index in [0.717, 1.165) is 10.1 Å². The molecule has 1 aromatic heterocycles. The van der Waals surface area contributed by atoms with Gasteiger partial charge in [-0.2, -0.15) is 5.10 Å². The number of ether oxygens (including phenoxy) is 5. The van der Waals surface area contributed by atoms with Crippen molar-refractivity contribution in [3.8, 4) is 28.7 Å². The zero-order valence-electron chi connectivity index (χ0n) is 20.9. The first-order chi connectivity index (χ1) is 18.4. The van der Waals surface area contributed by atoms with Crippen molar-refractivity contribution in [1.82, 2.24) is 5.43 Å². The molecule has 0 saturated carbocycles. The molecule has 0 fully saturated rings. The molecule has 0 saturated heterocycles. The summed E-state index contributed by atoms with van der Waals surface area (Å²) in [5.41, 5.74) is 3.30. The van der Waals surface area contributed by atoms with E-state index in [2.05, 4.69) is 10.5 Å². The van der Waals surface area contributed by atoms with Crippen LogP contribution in [0.15, 0.2) is 59.7 Å². The number of hydrogen-bond donors (Lipinski definition) is 1. The van der Waals surface area contributed by atoms with Crippen LogP contribution in [0.2, 0.25) is 5.02 Å². The van der Waals surface area contributed by atoms with Gasteiger partial charge in [0.25, 0.3) is 5.91 Å². The minimum Gasteiger partial charge on any atom is -0.493 e. The molecular weight excluding hydrogens is 532 g/mol. The largest absolute Gasteiger partial charge is 0.493 e. The van der Waals surface area contributed by atoms with Gasteiger partial charge in [-0.05, 0) is 42.0 Å². The first kappa shape index (κ1) is 26.8. The van der Waals surface area contributed by atoms with Gasteiger partial charge < -0.3 is 23.7 Å². The number of carbonyl (C=O) groups excluding carboxylic acids is 2. The zero-order chi connectivity index (χ0) is 27.2. The van der Waals surface area contributed by atoms with Gasteiger partial charge in [-0.3, -0.25) is 4.79 Å². The number of thiophene rings is 1. The Morgan fingerprint density at radius 2 is 1.55 bits per heavy atom. The normalized spacial score (nSPS) is 10.9. The summed E-state index contributed by atoms with van der Waals surface area (Å²) in [6.45, 7) is 0. The number of nitrogens with one attached hydrogen (secondary N) is 1. The predicted octanol–water partition coefficient (Wildman–Crippen LogP) is 5.57. The zero-order valence-corrected chi connectivity index (χ0v) is 22.4. The van der Waals surface area contributed by atoms with Crippen LogP contribution in [0.1, 0.15) is 25.6 Å². The standard InChI is InChI=1S/C27H23ClN2O7S/c1-33-19-11-15(14-29-30-26(31)16-12-20(34-2)24(36-4)21(13-16)35-3)9-10-18(19)37-27(32)25-23(28)17-7-5-6-8-22(17)38-25/h5-14H,1-4H3,(H,30,31)/b29-14-. The molecule has 196 valence electrons. The van der Waals surface area contributed by atoms with Gasteiger partial charge in [-0.25, -0.2) is 10.2 Å². The van der Waals surface area contributed by atoms with Crippen LogP contribution in [0.25, 0.3) is 10.1 Å². The van der Waals surface area contributed by atoms with Crippen molar-refractivity contribution >= 4 is 51.1 Å². The molecule has 9 nitrogen and oxygen atoms in total. The molecule has 0 aliphatic carbocycles. The molecule has 0 spiro atoms. The molecule has 1 N–H and O–H groups in total. The lowest BCUT2D eigenvalue weighted by molar-refractivity contribution is 0.0734. The van der Waals surface area contributed by atoms with Crippen molar-refractivity contribution in [2.24, 2.45) is 5.10 Å². The number of esters is 1. The van der Waals surface area contributed by atoms with Crippen LogP contribution in [-0.2, 0) is 0 Å². The molecule has 0 aliphatic heterocycles. The van der Waals surface area contributed by atoms with Gasteiger partial charge in [0.15, 0.2) is 23.0 Å². The van der Waals surface area contributed by atoms with E-state index >= 15 is 0 Å². The molecule has 11 heteroatoms. The Hall–Kier alpha value is -4.28. The van der Waals surface area contributed by atoms with E-state index in [-0.39, 0.29) is 11.3 Å². The van der Waals surface area contributed by atoms with Crippen molar-refractivity contribution in [1.29, 1.82) is 0 Å². The van der Waals surface area contributed by atoms with Crippen molar-refractivity contribution in [3.63, 3.8) is 0 Å². The second-order valence-electron chi connectivity index (χ2n) is 7.65. The van der Waals surface area contributed by atoms with E-state index in [9.17, 15) is 9.59 Å². The highest BCUT2D eigenvalue weighted by molar-refractivity contribution is 7.21. The molecule has 4 rings (SSSR count). The van der Waals surface area contributed by atoms with Crippen LogP contribution in [0.4, 0.5) is 0 Å². The Morgan fingerprint density at radius 1 is 0.868 bits per heavy atom. The average molecular weight is 555 g/mol. The second kappa shape index (κ2) is 11.8. The van der Waals surface area contributed by atoms with Crippen LogP contribution >= 0.6 is 22.9 Å². The van der Waals surface area contributed by atoms with Gasteiger partial charge in [0.1, 0.15) is 4.88 Å². The Labute approximate surface area is 227 Å². The lowest BCUT2D eigenvalue weighted by Gasteiger charge is -2.13. The molecular formula is C27H23ClN2O7S. The van der Waals surface area contributed by atoms with Crippen molar-refractivity contribution < 1.29 is 33.3 Å². The first-order valence-electron chi connectivity index (χ1n) is 11.1. The lowest BCUT2D eigenvalue weighted by Crippen LogP contribution is -2.18. The smallest absolute Gasteiger partial charge is 0.355 e. The SMILES string of the molecule is COc1cc(/C=N\NC(=O)c2cc(OC)c(OC)c(OC)c2)ccc1OC(=O)c1sc2ccccc2c1Cl. The fraction of sp³-hybridized carbons (Fsp3) is 0.148. The van der Waals surface area contributed by atoms with Gasteiger partial charge in [-0.1, -0.05) is 29.8 Å². The van der Waals surface area contributed by atoms with Crippen LogP contribution in [0.3, 0.4) is 0 Å². The topological polar surface area (TPSA) is 105 Å². The number of fused-ring (bicyclic) bond motifs is 1. The molecule has 1 heterocycles. The summed E-state index contributed by atoms with van der Waals surface area (Å²) in [5.74, 6) is 0.491. The van der Waals surface area contributed by atoms with Crippen LogP contribution < -0.4 is 29.1 Å². The van der Waals surface area contributed by atoms with E-state index < -0.39 is 11.9 Å². The van der Waals surface area contributed by atoms with Crippen molar-refractivity contribution in [3.05, 3.63) is 75.6 Å². The second-order valence-corrected chi connectivity index (χ2v) is 9.08. The quantitative estimate of drug-likeness (QED) is 0.125. The molecule has 4 aromatic rings. The van der Waals surface area contributed by atoms with E-state index in [1.165, 1.54) is 58.1 Å². The van der Waals surface area contributed by atoms with Crippen LogP contribution in [0, 0.1) is 0 Å². The summed E-state index contributed by atoms with van der Waals surface area (Å²) in [5, 5.41) is 5.14. The number of carbonyl (C=O) groups is 2. The highest BCUT2D eigenvalue weighted by Crippen LogP contribution is 2.38. The summed E-state index contributed by atoms with van der Waals surface area (Å²) in [6, 6.07) is 15.3. The minimum absolute atomic E-state index is 0.213. The predicted molar refractivity (Wildman–Crippen MR) is 146 cm³/mol. The number of methoxy groups -OCH3 is 4. The molecule has 3 aromatic carbocycles. The first-order valence-corrected chi connectivity index (χ1v) is 12.3. The van der Waals surface area contributed by atoms with E-state index in [1.54, 1.807) is 18.2 Å². The Kier molecular flexibility index (Phi) is 8.35. The summed E-state index contributed by atoms with van der Waals surface area (Å²) in [4.78, 5) is 25.7. The number of amides is 1. The molecule has 0 bridgehead atoms. The van der Waals surface area contributed by atoms with Crippen LogP contribution in [-0.4, -0.2) is 46.5 Å². The van der Waals surface area contributed by atoms with Gasteiger partial charge in [0, 0.05) is 15.6 Å². The number of hydrogen-bond acceptors (Lipinski definition) is 9. The maximum Gasteiger partial charge on any atom is 0.355 e. The van der Waals surface area contributed by atoms with Gasteiger partial charge in [0.05, 0.1) is 39.7 Å². The summed E-state index contributed by atoms with van der Waals surface area (Å²) >= 11 is 7.65. The third kappa shape index (κ3) is 5.51. The van der Waals surface area contributed by atoms with Gasteiger partial charge in [-0.15, -0.1) is 11.3 Å².